The summed E-state index contributed by atoms with van der Waals surface area (Å²) in [6.07, 6.45) is 3.19. The molecule has 6 N–H and O–H groups in total. The molecule has 37 heavy (non-hydrogen) atoms. The number of halogens is 3. The Morgan fingerprint density at radius 2 is 2.00 bits per heavy atom. The summed E-state index contributed by atoms with van der Waals surface area (Å²) in [4.78, 5) is 19.1. The number of guanidine groups is 1. The number of likely N-dealkylation sites (tertiary alicyclic amines) is 1. The van der Waals surface area contributed by atoms with E-state index in [1.165, 1.54) is 6.07 Å². The summed E-state index contributed by atoms with van der Waals surface area (Å²) in [5.41, 5.74) is 12.1. The van der Waals surface area contributed by atoms with Gasteiger partial charge in [-0.2, -0.15) is 4.72 Å². The van der Waals surface area contributed by atoms with E-state index in [-0.39, 0.29) is 60.1 Å². The van der Waals surface area contributed by atoms with Crippen LogP contribution in [0, 0.1) is 11.3 Å². The molecule has 1 aromatic rings. The largest absolute Gasteiger partial charge is 0.383 e. The lowest BCUT2D eigenvalue weighted by molar-refractivity contribution is -0.134. The fraction of sp³-hybridized carbons (Fsp3) is 0.667. The molecule has 210 valence electrons. The van der Waals surface area contributed by atoms with E-state index in [1.54, 1.807) is 11.0 Å². The van der Waals surface area contributed by atoms with Crippen LogP contribution in [0.5, 0.6) is 0 Å². The zero-order valence-corrected chi connectivity index (χ0v) is 23.8. The molecule has 0 bridgehead atoms. The minimum absolute atomic E-state index is 0. The SMILES string of the molecule is CC1(C)CNc2c(cc(Cl)cc2S(=O)(=O)N[C@@H](CCCN=C(N)N)C(=O)N2CCC(CCF)CC2)C1.Cl. The first-order valence-corrected chi connectivity index (χ1v) is 14.3. The maximum absolute atomic E-state index is 13.6. The van der Waals surface area contributed by atoms with Gasteiger partial charge in [0.05, 0.1) is 12.4 Å². The van der Waals surface area contributed by atoms with Gasteiger partial charge < -0.3 is 21.7 Å². The Bertz CT molecular complexity index is 1070. The van der Waals surface area contributed by atoms with Crippen molar-refractivity contribution < 1.29 is 17.6 Å². The lowest BCUT2D eigenvalue weighted by atomic mass is 9.82. The zero-order valence-electron chi connectivity index (χ0n) is 21.4. The molecule has 0 saturated carbocycles. The third kappa shape index (κ3) is 8.59. The quantitative estimate of drug-likeness (QED) is 0.190. The number of fused-ring (bicyclic) bond motifs is 1. The molecule has 3 rings (SSSR count). The third-order valence-electron chi connectivity index (χ3n) is 6.84. The van der Waals surface area contributed by atoms with E-state index in [0.717, 1.165) is 5.56 Å². The molecule has 0 unspecified atom stereocenters. The summed E-state index contributed by atoms with van der Waals surface area (Å²) in [5, 5.41) is 3.57. The van der Waals surface area contributed by atoms with E-state index in [4.69, 9.17) is 23.1 Å². The molecule has 13 heteroatoms. The molecule has 1 saturated heterocycles. The van der Waals surface area contributed by atoms with Crippen molar-refractivity contribution >= 4 is 51.6 Å². The van der Waals surface area contributed by atoms with Gasteiger partial charge in [-0.15, -0.1) is 12.4 Å². The number of benzene rings is 1. The van der Waals surface area contributed by atoms with Gasteiger partial charge in [0.2, 0.25) is 15.9 Å². The van der Waals surface area contributed by atoms with Gasteiger partial charge in [0.15, 0.2) is 5.96 Å². The molecule has 0 radical (unpaired) electrons. The van der Waals surface area contributed by atoms with Crippen molar-refractivity contribution in [3.63, 3.8) is 0 Å². The number of nitrogens with one attached hydrogen (secondary N) is 2. The van der Waals surface area contributed by atoms with Crippen LogP contribution < -0.4 is 21.5 Å². The Kier molecular flexibility index (Phi) is 11.3. The number of sulfonamides is 1. The number of carbonyl (C=O) groups excluding carboxylic acids is 1. The Labute approximate surface area is 230 Å². The predicted octanol–water partition coefficient (Wildman–Crippen LogP) is 3.05. The summed E-state index contributed by atoms with van der Waals surface area (Å²) in [7, 11) is -4.10. The van der Waals surface area contributed by atoms with Crippen molar-refractivity contribution in [3.05, 3.63) is 22.7 Å². The Morgan fingerprint density at radius 1 is 1.32 bits per heavy atom. The van der Waals surface area contributed by atoms with Crippen LogP contribution in [0.1, 0.15) is 51.5 Å². The number of carbonyl (C=O) groups is 1. The standard InChI is InChI=1S/C24H38ClFN6O3S.ClH/c1-24(2)14-17-12-18(25)13-20(21(17)30-15-24)36(34,35)31-19(4-3-9-29-23(27)28)22(33)32-10-6-16(5-8-26)7-11-32;/h12-13,16,19,30-31H,3-11,14-15H2,1-2H3,(H4,27,28,29);1H/t19-;/m0./s1. The van der Waals surface area contributed by atoms with Crippen LogP contribution in [0.15, 0.2) is 22.0 Å². The van der Waals surface area contributed by atoms with Crippen molar-refractivity contribution in [1.82, 2.24) is 9.62 Å². The van der Waals surface area contributed by atoms with Crippen LogP contribution in [-0.4, -0.2) is 64.1 Å². The maximum Gasteiger partial charge on any atom is 0.243 e. The second-order valence-electron chi connectivity index (χ2n) is 10.5. The van der Waals surface area contributed by atoms with Crippen molar-refractivity contribution in [2.24, 2.45) is 27.8 Å². The summed E-state index contributed by atoms with van der Waals surface area (Å²) in [6, 6.07) is 2.21. The lowest BCUT2D eigenvalue weighted by Gasteiger charge is -2.35. The highest BCUT2D eigenvalue weighted by atomic mass is 35.5. The average molecular weight is 582 g/mol. The minimum atomic E-state index is -4.10. The fourth-order valence-electron chi connectivity index (χ4n) is 4.90. The Hall–Kier alpha value is -1.82. The van der Waals surface area contributed by atoms with Crippen molar-refractivity contribution in [2.75, 3.05) is 38.2 Å². The number of hydrogen-bond donors (Lipinski definition) is 4. The molecule has 0 spiro atoms. The summed E-state index contributed by atoms with van der Waals surface area (Å²) in [5.74, 6) is -0.121. The van der Waals surface area contributed by atoms with E-state index < -0.39 is 16.1 Å². The lowest BCUT2D eigenvalue weighted by Crippen LogP contribution is -2.51. The molecule has 9 nitrogen and oxygen atoms in total. The summed E-state index contributed by atoms with van der Waals surface area (Å²) >= 11 is 6.31. The Morgan fingerprint density at radius 3 is 2.62 bits per heavy atom. The second-order valence-corrected chi connectivity index (χ2v) is 12.6. The minimum Gasteiger partial charge on any atom is -0.383 e. The van der Waals surface area contributed by atoms with Crippen molar-refractivity contribution in [3.8, 4) is 0 Å². The number of nitrogens with two attached hydrogens (primary N) is 2. The maximum atomic E-state index is 13.6. The first-order chi connectivity index (χ1) is 16.9. The molecule has 0 aromatic heterocycles. The molecule has 1 aromatic carbocycles. The van der Waals surface area contributed by atoms with Gasteiger partial charge in [0.1, 0.15) is 10.9 Å². The topological polar surface area (TPSA) is 143 Å². The second kappa shape index (κ2) is 13.3. The normalized spacial score (nSPS) is 18.2. The average Bonchev–Trinajstić information content (AvgIpc) is 2.79. The van der Waals surface area contributed by atoms with Crippen LogP contribution in [-0.2, 0) is 21.2 Å². The van der Waals surface area contributed by atoms with Crippen LogP contribution >= 0.6 is 24.0 Å². The highest BCUT2D eigenvalue weighted by Crippen LogP contribution is 2.38. The molecule has 0 aliphatic carbocycles. The highest BCUT2D eigenvalue weighted by Gasteiger charge is 2.35. The van der Waals surface area contributed by atoms with Crippen LogP contribution in [0.3, 0.4) is 0 Å². The summed E-state index contributed by atoms with van der Waals surface area (Å²) < 4.78 is 42.6. The number of nitrogens with zero attached hydrogens (tertiary/aromatic N) is 2. The van der Waals surface area contributed by atoms with Gasteiger partial charge in [-0.1, -0.05) is 25.4 Å². The highest BCUT2D eigenvalue weighted by molar-refractivity contribution is 7.89. The van der Waals surface area contributed by atoms with E-state index >= 15 is 0 Å². The third-order valence-corrected chi connectivity index (χ3v) is 8.55. The molecular formula is C24H39Cl2FN6O3S. The number of rotatable bonds is 10. The van der Waals surface area contributed by atoms with Gasteiger partial charge in [0, 0.05) is 31.2 Å². The van der Waals surface area contributed by atoms with Crippen LogP contribution in [0.25, 0.3) is 0 Å². The number of amides is 1. The van der Waals surface area contributed by atoms with Gasteiger partial charge in [-0.3, -0.25) is 14.2 Å². The van der Waals surface area contributed by atoms with Gasteiger partial charge in [-0.25, -0.2) is 8.42 Å². The molecule has 1 fully saturated rings. The summed E-state index contributed by atoms with van der Waals surface area (Å²) in [6.45, 7) is 5.64. The first-order valence-electron chi connectivity index (χ1n) is 12.4. The van der Waals surface area contributed by atoms with Gasteiger partial charge in [0.25, 0.3) is 0 Å². The predicted molar refractivity (Wildman–Crippen MR) is 149 cm³/mol. The number of piperidine rings is 1. The van der Waals surface area contributed by atoms with Crippen LogP contribution in [0.4, 0.5) is 10.1 Å². The zero-order chi connectivity index (χ0) is 26.5. The van der Waals surface area contributed by atoms with Crippen molar-refractivity contribution in [1.29, 1.82) is 0 Å². The molecule has 2 heterocycles. The molecule has 2 aliphatic rings. The Balaban J connectivity index is 0.00000481. The first kappa shape index (κ1) is 31.4. The number of aliphatic imine (C=N–C) groups is 1. The fourth-order valence-corrected chi connectivity index (χ4v) is 6.68. The number of hydrogen-bond acceptors (Lipinski definition) is 5. The number of anilines is 1. The van der Waals surface area contributed by atoms with E-state index in [2.05, 4.69) is 28.9 Å². The smallest absolute Gasteiger partial charge is 0.243 e. The van der Waals surface area contributed by atoms with E-state index in [1.807, 2.05) is 0 Å². The molecular weight excluding hydrogens is 542 g/mol. The molecule has 1 amide bonds. The number of alkyl halides is 1. The van der Waals surface area contributed by atoms with Crippen molar-refractivity contribution in [2.45, 2.75) is 63.3 Å². The van der Waals surface area contributed by atoms with E-state index in [9.17, 15) is 17.6 Å². The van der Waals surface area contributed by atoms with Gasteiger partial charge in [-0.05, 0) is 67.6 Å². The monoisotopic (exact) mass is 580 g/mol. The molecule has 1 atom stereocenters. The molecule has 2 aliphatic heterocycles. The van der Waals surface area contributed by atoms with Gasteiger partial charge >= 0.3 is 0 Å². The van der Waals surface area contributed by atoms with Crippen LogP contribution in [0.2, 0.25) is 5.02 Å². The van der Waals surface area contributed by atoms with E-state index in [0.29, 0.717) is 62.4 Å².